The van der Waals surface area contributed by atoms with E-state index >= 15 is 0 Å². The van der Waals surface area contributed by atoms with Crippen molar-refractivity contribution in [3.63, 3.8) is 0 Å². The molecule has 270 valence electrons. The van der Waals surface area contributed by atoms with E-state index in [4.69, 9.17) is 18.9 Å². The van der Waals surface area contributed by atoms with Crippen LogP contribution in [0, 0.1) is 22.7 Å². The van der Waals surface area contributed by atoms with Crippen LogP contribution < -0.4 is 18.9 Å². The van der Waals surface area contributed by atoms with Gasteiger partial charge in [0.1, 0.15) is 23.0 Å². The molecule has 0 N–H and O–H groups in total. The minimum Gasteiger partial charge on any atom is -0.497 e. The Labute approximate surface area is 323 Å². The Morgan fingerprint density at radius 2 is 0.732 bits per heavy atom. The lowest BCUT2D eigenvalue weighted by Crippen LogP contribution is -2.04. The summed E-state index contributed by atoms with van der Waals surface area (Å²) in [5.41, 5.74) is 10.3. The Morgan fingerprint density at radius 1 is 0.393 bits per heavy atom. The second kappa shape index (κ2) is 13.6. The molecular weight excluding hydrogens is 697 g/mol. The standard InChI is InChI=1S/C48H34N4O4/c1-53-33-11-15-43-39(21-33)40-22-34(54-2)12-16-44(40)51(43)47-26-48(52-45-17-13-35(55-3)23-41(45)42-24-36(56-4)14-18-46(42)52)38(32-10-6-8-30(20-32)28-50)25-37(47)31-9-5-7-29(19-31)27-49/h5-26H,1-4H3. The molecule has 8 heteroatoms. The first-order valence-corrected chi connectivity index (χ1v) is 18.0. The highest BCUT2D eigenvalue weighted by molar-refractivity contribution is 6.13. The largest absolute Gasteiger partial charge is 0.497 e. The van der Waals surface area contributed by atoms with Crippen LogP contribution in [0.4, 0.5) is 0 Å². The second-order valence-corrected chi connectivity index (χ2v) is 13.5. The van der Waals surface area contributed by atoms with Crippen LogP contribution in [0.5, 0.6) is 23.0 Å². The van der Waals surface area contributed by atoms with Gasteiger partial charge in [-0.2, -0.15) is 10.5 Å². The molecule has 0 bridgehead atoms. The normalized spacial score (nSPS) is 11.2. The van der Waals surface area contributed by atoms with E-state index in [2.05, 4.69) is 81.9 Å². The van der Waals surface area contributed by atoms with Crippen molar-refractivity contribution in [1.82, 2.24) is 9.13 Å². The van der Waals surface area contributed by atoms with Crippen LogP contribution >= 0.6 is 0 Å². The third kappa shape index (κ3) is 5.43. The number of fused-ring (bicyclic) bond motifs is 6. The fourth-order valence-electron chi connectivity index (χ4n) is 7.91. The van der Waals surface area contributed by atoms with Crippen molar-refractivity contribution in [3.05, 3.63) is 145 Å². The maximum absolute atomic E-state index is 10.0. The molecule has 0 aliphatic carbocycles. The van der Waals surface area contributed by atoms with Crippen LogP contribution in [-0.4, -0.2) is 37.6 Å². The van der Waals surface area contributed by atoms with Crippen LogP contribution in [0.2, 0.25) is 0 Å². The lowest BCUT2D eigenvalue weighted by Gasteiger charge is -2.21. The quantitative estimate of drug-likeness (QED) is 0.154. The van der Waals surface area contributed by atoms with Crippen molar-refractivity contribution in [2.45, 2.75) is 0 Å². The monoisotopic (exact) mass is 730 g/mol. The molecule has 0 atom stereocenters. The summed E-state index contributed by atoms with van der Waals surface area (Å²) >= 11 is 0. The van der Waals surface area contributed by atoms with Gasteiger partial charge in [0, 0.05) is 32.7 Å². The number of rotatable bonds is 8. The Balaban J connectivity index is 1.49. The summed E-state index contributed by atoms with van der Waals surface area (Å²) in [4.78, 5) is 0. The van der Waals surface area contributed by atoms with Gasteiger partial charge >= 0.3 is 0 Å². The second-order valence-electron chi connectivity index (χ2n) is 13.5. The van der Waals surface area contributed by atoms with E-state index in [-0.39, 0.29) is 0 Å². The molecule has 0 aliphatic heterocycles. The molecule has 0 fully saturated rings. The molecule has 0 saturated carbocycles. The minimum absolute atomic E-state index is 0.549. The van der Waals surface area contributed by atoms with Gasteiger partial charge in [0.25, 0.3) is 0 Å². The molecule has 2 heterocycles. The molecule has 7 aromatic carbocycles. The summed E-state index contributed by atoms with van der Waals surface area (Å²) < 4.78 is 27.4. The van der Waals surface area contributed by atoms with Crippen molar-refractivity contribution in [1.29, 1.82) is 10.5 Å². The number of nitrogens with zero attached hydrogens (tertiary/aromatic N) is 4. The fourth-order valence-corrected chi connectivity index (χ4v) is 7.91. The van der Waals surface area contributed by atoms with Gasteiger partial charge in [0.15, 0.2) is 0 Å². The first-order valence-electron chi connectivity index (χ1n) is 18.0. The van der Waals surface area contributed by atoms with Gasteiger partial charge in [0.2, 0.25) is 0 Å². The number of ether oxygens (including phenoxy) is 4. The molecule has 9 aromatic rings. The molecule has 0 radical (unpaired) electrons. The molecule has 0 unspecified atom stereocenters. The minimum atomic E-state index is 0.549. The van der Waals surface area contributed by atoms with Crippen LogP contribution in [-0.2, 0) is 0 Å². The first kappa shape index (κ1) is 34.1. The summed E-state index contributed by atoms with van der Waals surface area (Å²) in [7, 11) is 6.68. The number of methoxy groups -OCH3 is 4. The molecule has 8 nitrogen and oxygen atoms in total. The fraction of sp³-hybridized carbons (Fsp3) is 0.0833. The van der Waals surface area contributed by atoms with Gasteiger partial charge in [-0.05, 0) is 120 Å². The van der Waals surface area contributed by atoms with Crippen molar-refractivity contribution >= 4 is 43.6 Å². The molecule has 0 saturated heterocycles. The van der Waals surface area contributed by atoms with Crippen molar-refractivity contribution < 1.29 is 18.9 Å². The summed E-state index contributed by atoms with van der Waals surface area (Å²) in [5, 5.41) is 24.1. The van der Waals surface area contributed by atoms with Crippen molar-refractivity contribution in [3.8, 4) is 68.8 Å². The van der Waals surface area contributed by atoms with Gasteiger partial charge in [-0.1, -0.05) is 24.3 Å². The Morgan fingerprint density at radius 3 is 1.04 bits per heavy atom. The zero-order chi connectivity index (χ0) is 38.5. The van der Waals surface area contributed by atoms with Gasteiger partial charge < -0.3 is 28.1 Å². The Kier molecular flexibility index (Phi) is 8.30. The van der Waals surface area contributed by atoms with Gasteiger partial charge in [-0.25, -0.2) is 0 Å². The first-order chi connectivity index (χ1) is 27.5. The number of aromatic nitrogens is 2. The maximum Gasteiger partial charge on any atom is 0.119 e. The van der Waals surface area contributed by atoms with E-state index in [1.807, 2.05) is 72.8 Å². The lowest BCUT2D eigenvalue weighted by atomic mass is 9.93. The predicted octanol–water partition coefficient (Wildman–Crippen LogP) is 11.0. The average molecular weight is 731 g/mol. The third-order valence-corrected chi connectivity index (χ3v) is 10.6. The van der Waals surface area contributed by atoms with Crippen LogP contribution in [0.15, 0.2) is 133 Å². The number of hydrogen-bond acceptors (Lipinski definition) is 6. The molecule has 9 rings (SSSR count). The third-order valence-electron chi connectivity index (χ3n) is 10.6. The highest BCUT2D eigenvalue weighted by Gasteiger charge is 2.24. The van der Waals surface area contributed by atoms with Gasteiger partial charge in [-0.3, -0.25) is 0 Å². The SMILES string of the molecule is COc1ccc2c(c1)c1cc(OC)ccc1n2-c1cc(-n2c3ccc(OC)cc3c3cc(OC)ccc32)c(-c2cccc(C#N)c2)cc1-c1cccc(C#N)c1. The molecule has 0 spiro atoms. The van der Waals surface area contributed by atoms with Crippen LogP contribution in [0.25, 0.3) is 77.2 Å². The Bertz CT molecular complexity index is 2790. The van der Waals surface area contributed by atoms with E-state index in [1.165, 1.54) is 0 Å². The smallest absolute Gasteiger partial charge is 0.119 e. The molecular formula is C48H34N4O4. The number of nitriles is 2. The maximum atomic E-state index is 10.0. The highest BCUT2D eigenvalue weighted by Crippen LogP contribution is 2.45. The molecule has 2 aromatic heterocycles. The zero-order valence-corrected chi connectivity index (χ0v) is 31.1. The molecule has 56 heavy (non-hydrogen) atoms. The summed E-state index contributed by atoms with van der Waals surface area (Å²) in [5.74, 6) is 2.97. The molecule has 0 aliphatic rings. The molecule has 0 amide bonds. The summed E-state index contributed by atoms with van der Waals surface area (Å²) in [6.07, 6.45) is 0. The topological polar surface area (TPSA) is 94.4 Å². The van der Waals surface area contributed by atoms with Gasteiger partial charge in [-0.15, -0.1) is 0 Å². The van der Waals surface area contributed by atoms with E-state index < -0.39 is 0 Å². The lowest BCUT2D eigenvalue weighted by molar-refractivity contribution is 0.415. The Hall–Kier alpha value is -7.68. The van der Waals surface area contributed by atoms with E-state index in [0.717, 1.165) is 100 Å². The highest BCUT2D eigenvalue weighted by atomic mass is 16.5. The van der Waals surface area contributed by atoms with Crippen molar-refractivity contribution in [2.75, 3.05) is 28.4 Å². The van der Waals surface area contributed by atoms with Crippen LogP contribution in [0.1, 0.15) is 11.1 Å². The average Bonchev–Trinajstić information content (AvgIpc) is 3.76. The van der Waals surface area contributed by atoms with E-state index in [0.29, 0.717) is 11.1 Å². The van der Waals surface area contributed by atoms with Crippen molar-refractivity contribution in [2.24, 2.45) is 0 Å². The van der Waals surface area contributed by atoms with E-state index in [1.54, 1.807) is 28.4 Å². The van der Waals surface area contributed by atoms with E-state index in [9.17, 15) is 10.5 Å². The summed E-state index contributed by atoms with van der Waals surface area (Å²) in [6.45, 7) is 0. The zero-order valence-electron chi connectivity index (χ0n) is 31.1. The van der Waals surface area contributed by atoms with Crippen LogP contribution in [0.3, 0.4) is 0 Å². The number of hydrogen-bond donors (Lipinski definition) is 0. The summed E-state index contributed by atoms with van der Waals surface area (Å²) in [6, 6.07) is 48.9. The predicted molar refractivity (Wildman–Crippen MR) is 222 cm³/mol. The number of benzene rings is 7. The van der Waals surface area contributed by atoms with Gasteiger partial charge in [0.05, 0.1) is 85.1 Å².